The minimum absolute atomic E-state index is 0.0210. The Bertz CT molecular complexity index is 494. The Morgan fingerprint density at radius 1 is 1.56 bits per heavy atom. The maximum absolute atomic E-state index is 12.1. The molecule has 0 aliphatic heterocycles. The Balaban J connectivity index is 3.46. The van der Waals surface area contributed by atoms with Gasteiger partial charge in [-0.1, -0.05) is 15.9 Å². The second kappa shape index (κ2) is 5.71. The van der Waals surface area contributed by atoms with Gasteiger partial charge in [-0.05, 0) is 5.56 Å². The summed E-state index contributed by atoms with van der Waals surface area (Å²) in [6.07, 6.45) is 0. The van der Waals surface area contributed by atoms with Gasteiger partial charge in [-0.15, -0.1) is 0 Å². The lowest BCUT2D eigenvalue weighted by Gasteiger charge is -2.10. The first kappa shape index (κ1) is 14.3. The van der Waals surface area contributed by atoms with Crippen LogP contribution in [0.1, 0.15) is 15.9 Å². The molecule has 1 N–H and O–H groups in total. The standard InChI is InChI=1S/C9H6BrF2NO5/c10-3-4-1-5(13(16)17)2-6(18-9(11)12)7(4)8(14)15/h1-2,9H,3H2,(H,14,15). The molecule has 0 bridgehead atoms. The summed E-state index contributed by atoms with van der Waals surface area (Å²) in [7, 11) is 0. The van der Waals surface area contributed by atoms with Gasteiger partial charge in [-0.25, -0.2) is 4.79 Å². The zero-order valence-electron chi connectivity index (χ0n) is 8.60. The maximum Gasteiger partial charge on any atom is 0.387 e. The number of non-ortho nitro benzene ring substituents is 1. The van der Waals surface area contributed by atoms with Crippen LogP contribution in [-0.4, -0.2) is 22.6 Å². The van der Waals surface area contributed by atoms with E-state index in [4.69, 9.17) is 5.11 Å². The molecule has 0 aliphatic carbocycles. The molecule has 98 valence electrons. The maximum atomic E-state index is 12.1. The summed E-state index contributed by atoms with van der Waals surface area (Å²) in [5, 5.41) is 19.4. The van der Waals surface area contributed by atoms with Crippen LogP contribution in [0.15, 0.2) is 12.1 Å². The lowest BCUT2D eigenvalue weighted by molar-refractivity contribution is -0.385. The van der Waals surface area contributed by atoms with Crippen LogP contribution in [0.5, 0.6) is 5.75 Å². The average Bonchev–Trinajstić information content (AvgIpc) is 2.26. The summed E-state index contributed by atoms with van der Waals surface area (Å²) in [4.78, 5) is 20.7. The largest absolute Gasteiger partial charge is 0.478 e. The number of alkyl halides is 3. The number of carboxylic acids is 1. The van der Waals surface area contributed by atoms with Crippen molar-refractivity contribution >= 4 is 27.6 Å². The molecule has 6 nitrogen and oxygen atoms in total. The molecular formula is C9H6BrF2NO5. The Hall–Kier alpha value is -1.77. The number of carboxylic acid groups (broad SMARTS) is 1. The van der Waals surface area contributed by atoms with Crippen molar-refractivity contribution in [3.05, 3.63) is 33.4 Å². The molecule has 0 radical (unpaired) electrons. The van der Waals surface area contributed by atoms with Crippen molar-refractivity contribution in [1.82, 2.24) is 0 Å². The second-order valence-corrected chi connectivity index (χ2v) is 3.61. The van der Waals surface area contributed by atoms with Gasteiger partial charge in [-0.3, -0.25) is 10.1 Å². The monoisotopic (exact) mass is 325 g/mol. The summed E-state index contributed by atoms with van der Waals surface area (Å²) in [5.41, 5.74) is -1.07. The van der Waals surface area contributed by atoms with Crippen molar-refractivity contribution in [2.24, 2.45) is 0 Å². The molecule has 0 atom stereocenters. The van der Waals surface area contributed by atoms with Crippen LogP contribution in [0.3, 0.4) is 0 Å². The van der Waals surface area contributed by atoms with E-state index in [1.165, 1.54) is 0 Å². The van der Waals surface area contributed by atoms with E-state index in [1.54, 1.807) is 0 Å². The highest BCUT2D eigenvalue weighted by Crippen LogP contribution is 2.31. The zero-order chi connectivity index (χ0) is 13.9. The van der Waals surface area contributed by atoms with Gasteiger partial charge in [0.1, 0.15) is 11.3 Å². The Morgan fingerprint density at radius 3 is 2.56 bits per heavy atom. The van der Waals surface area contributed by atoms with Crippen LogP contribution in [0, 0.1) is 10.1 Å². The van der Waals surface area contributed by atoms with Crippen molar-refractivity contribution in [1.29, 1.82) is 0 Å². The Morgan fingerprint density at radius 2 is 2.17 bits per heavy atom. The second-order valence-electron chi connectivity index (χ2n) is 3.05. The fourth-order valence-corrected chi connectivity index (χ4v) is 1.74. The third kappa shape index (κ3) is 3.13. The van der Waals surface area contributed by atoms with Crippen molar-refractivity contribution in [3.8, 4) is 5.75 Å². The molecule has 0 fully saturated rings. The predicted octanol–water partition coefficient (Wildman–Crippen LogP) is 2.79. The Kier molecular flexibility index (Phi) is 4.54. The number of nitro benzene ring substituents is 1. The number of ether oxygens (including phenoxy) is 1. The number of hydrogen-bond donors (Lipinski definition) is 1. The summed E-state index contributed by atoms with van der Waals surface area (Å²) in [6, 6.07) is 1.64. The van der Waals surface area contributed by atoms with E-state index in [1.807, 2.05) is 0 Å². The van der Waals surface area contributed by atoms with Crippen LogP contribution in [0.2, 0.25) is 0 Å². The molecule has 0 spiro atoms. The molecule has 0 heterocycles. The van der Waals surface area contributed by atoms with Crippen molar-refractivity contribution in [2.45, 2.75) is 11.9 Å². The molecule has 0 saturated heterocycles. The molecule has 1 rings (SSSR count). The van der Waals surface area contributed by atoms with Crippen LogP contribution in [-0.2, 0) is 5.33 Å². The minimum Gasteiger partial charge on any atom is -0.478 e. The van der Waals surface area contributed by atoms with Gasteiger partial charge in [0.15, 0.2) is 0 Å². The number of hydrogen-bond acceptors (Lipinski definition) is 4. The van der Waals surface area contributed by atoms with Crippen molar-refractivity contribution in [2.75, 3.05) is 0 Å². The van der Waals surface area contributed by atoms with E-state index in [2.05, 4.69) is 20.7 Å². The quantitative estimate of drug-likeness (QED) is 0.510. The predicted molar refractivity (Wildman–Crippen MR) is 59.3 cm³/mol. The van der Waals surface area contributed by atoms with Crippen molar-refractivity contribution < 1.29 is 28.3 Å². The molecule has 0 aromatic heterocycles. The highest BCUT2D eigenvalue weighted by Gasteiger charge is 2.23. The van der Waals surface area contributed by atoms with E-state index >= 15 is 0 Å². The minimum atomic E-state index is -3.27. The number of rotatable bonds is 5. The Labute approximate surface area is 107 Å². The number of benzene rings is 1. The third-order valence-electron chi connectivity index (χ3n) is 1.95. The number of aromatic carboxylic acids is 1. The fraction of sp³-hybridized carbons (Fsp3) is 0.222. The van der Waals surface area contributed by atoms with Gasteiger partial charge < -0.3 is 9.84 Å². The van der Waals surface area contributed by atoms with Gasteiger partial charge >= 0.3 is 12.6 Å². The van der Waals surface area contributed by atoms with Gasteiger partial charge in [-0.2, -0.15) is 8.78 Å². The highest BCUT2D eigenvalue weighted by atomic mass is 79.9. The number of nitro groups is 1. The summed E-state index contributed by atoms with van der Waals surface area (Å²) >= 11 is 2.93. The molecule has 18 heavy (non-hydrogen) atoms. The summed E-state index contributed by atoms with van der Waals surface area (Å²) in [6.45, 7) is -3.27. The number of carbonyl (C=O) groups is 1. The van der Waals surface area contributed by atoms with Crippen LogP contribution in [0.4, 0.5) is 14.5 Å². The molecular weight excluding hydrogens is 320 g/mol. The van der Waals surface area contributed by atoms with Gasteiger partial charge in [0, 0.05) is 11.4 Å². The van der Waals surface area contributed by atoms with Crippen LogP contribution in [0.25, 0.3) is 0 Å². The molecule has 1 aromatic rings. The molecule has 0 aliphatic rings. The first-order valence-electron chi connectivity index (χ1n) is 4.42. The SMILES string of the molecule is O=C(O)c1c(CBr)cc([N+](=O)[O-])cc1OC(F)F. The first-order chi connectivity index (χ1) is 8.36. The van der Waals surface area contributed by atoms with Gasteiger partial charge in [0.2, 0.25) is 0 Å². The normalized spacial score (nSPS) is 10.4. The topological polar surface area (TPSA) is 89.7 Å². The molecule has 0 saturated carbocycles. The van der Waals surface area contributed by atoms with E-state index in [0.29, 0.717) is 6.07 Å². The smallest absolute Gasteiger partial charge is 0.387 e. The lowest BCUT2D eigenvalue weighted by Crippen LogP contribution is -2.10. The summed E-state index contributed by atoms with van der Waals surface area (Å²) in [5.74, 6) is -2.24. The number of nitrogens with zero attached hydrogens (tertiary/aromatic N) is 1. The molecule has 0 unspecified atom stereocenters. The van der Waals surface area contributed by atoms with Gasteiger partial charge in [0.25, 0.3) is 5.69 Å². The molecule has 1 aromatic carbocycles. The summed E-state index contributed by atoms with van der Waals surface area (Å²) < 4.78 is 28.3. The van der Waals surface area contributed by atoms with E-state index in [-0.39, 0.29) is 10.9 Å². The zero-order valence-corrected chi connectivity index (χ0v) is 10.2. The number of halogens is 3. The fourth-order valence-electron chi connectivity index (χ4n) is 1.30. The van der Waals surface area contributed by atoms with Crippen LogP contribution >= 0.6 is 15.9 Å². The van der Waals surface area contributed by atoms with Crippen molar-refractivity contribution in [3.63, 3.8) is 0 Å². The van der Waals surface area contributed by atoms with Crippen LogP contribution < -0.4 is 4.74 Å². The highest BCUT2D eigenvalue weighted by molar-refractivity contribution is 9.08. The van der Waals surface area contributed by atoms with E-state index in [9.17, 15) is 23.7 Å². The van der Waals surface area contributed by atoms with Gasteiger partial charge in [0.05, 0.1) is 11.0 Å². The first-order valence-corrected chi connectivity index (χ1v) is 5.54. The van der Waals surface area contributed by atoms with E-state index < -0.39 is 34.5 Å². The molecule has 9 heteroatoms. The third-order valence-corrected chi connectivity index (χ3v) is 2.56. The van der Waals surface area contributed by atoms with E-state index in [0.717, 1.165) is 6.07 Å². The molecule has 0 amide bonds. The average molecular weight is 326 g/mol. The lowest BCUT2D eigenvalue weighted by atomic mass is 10.1.